The molecule has 4 rings (SSSR count). The van der Waals surface area contributed by atoms with Crippen molar-refractivity contribution in [3.8, 4) is 0 Å². The van der Waals surface area contributed by atoms with Crippen molar-refractivity contribution in [2.24, 2.45) is 0 Å². The van der Waals surface area contributed by atoms with E-state index in [1.807, 2.05) is 38.6 Å². The Morgan fingerprint density at radius 2 is 2.03 bits per heavy atom. The Bertz CT molecular complexity index is 953. The number of ether oxygens (including phenoxy) is 2. The second kappa shape index (κ2) is 8.02. The fourth-order valence-electron chi connectivity index (χ4n) is 4.38. The van der Waals surface area contributed by atoms with Crippen LogP contribution in [0.1, 0.15) is 69.7 Å². The highest BCUT2D eigenvalue weighted by atomic mass is 16.6. The number of aromatic nitrogens is 2. The lowest BCUT2D eigenvalue weighted by Crippen LogP contribution is -2.45. The molecule has 0 saturated carbocycles. The molecule has 2 unspecified atom stereocenters. The monoisotopic (exact) mass is 413 g/mol. The first-order valence-electron chi connectivity index (χ1n) is 10.8. The van der Waals surface area contributed by atoms with Gasteiger partial charge >= 0.3 is 6.09 Å². The normalized spacial score (nSPS) is 23.1. The van der Waals surface area contributed by atoms with Crippen LogP contribution < -0.4 is 0 Å². The molecule has 162 valence electrons. The zero-order valence-corrected chi connectivity index (χ0v) is 18.3. The first-order chi connectivity index (χ1) is 14.2. The van der Waals surface area contributed by atoms with Crippen LogP contribution in [0.3, 0.4) is 0 Å². The molecule has 2 fully saturated rings. The van der Waals surface area contributed by atoms with Crippen molar-refractivity contribution in [1.82, 2.24) is 14.7 Å². The smallest absolute Gasteiger partial charge is 0.410 e. The highest BCUT2D eigenvalue weighted by molar-refractivity contribution is 5.92. The molecule has 7 nitrogen and oxygen atoms in total. The van der Waals surface area contributed by atoms with Gasteiger partial charge in [0.05, 0.1) is 18.3 Å². The molecule has 2 atom stereocenters. The number of nitrogens with zero attached hydrogens (tertiary/aromatic N) is 3. The summed E-state index contributed by atoms with van der Waals surface area (Å²) in [6.07, 6.45) is 5.17. The van der Waals surface area contributed by atoms with Crippen molar-refractivity contribution in [1.29, 1.82) is 0 Å². The highest BCUT2D eigenvalue weighted by Gasteiger charge is 2.34. The van der Waals surface area contributed by atoms with E-state index in [0.717, 1.165) is 47.9 Å². The average Bonchev–Trinajstić information content (AvgIpc) is 3.09. The first-order valence-corrected chi connectivity index (χ1v) is 10.8. The molecule has 0 aliphatic carbocycles. The number of aryl methyl sites for hydroxylation is 1. The van der Waals surface area contributed by atoms with E-state index in [2.05, 4.69) is 17.2 Å². The molecule has 7 heteroatoms. The number of carbonyl (C=O) groups is 2. The van der Waals surface area contributed by atoms with Crippen molar-refractivity contribution in [2.75, 3.05) is 19.7 Å². The van der Waals surface area contributed by atoms with Crippen LogP contribution in [0.4, 0.5) is 4.79 Å². The van der Waals surface area contributed by atoms with Gasteiger partial charge in [0.1, 0.15) is 5.60 Å². The number of piperidine rings is 1. The lowest BCUT2D eigenvalue weighted by atomic mass is 9.85. The summed E-state index contributed by atoms with van der Waals surface area (Å²) in [4.78, 5) is 26.9. The highest BCUT2D eigenvalue weighted by Crippen LogP contribution is 2.33. The van der Waals surface area contributed by atoms with Crippen molar-refractivity contribution in [3.05, 3.63) is 29.5 Å². The largest absolute Gasteiger partial charge is 0.444 e. The first kappa shape index (κ1) is 20.8. The van der Waals surface area contributed by atoms with E-state index in [9.17, 15) is 9.59 Å². The molecule has 1 aromatic heterocycles. The Morgan fingerprint density at radius 3 is 2.70 bits per heavy atom. The van der Waals surface area contributed by atoms with Gasteiger partial charge in [-0.15, -0.1) is 0 Å². The molecule has 0 radical (unpaired) electrons. The Morgan fingerprint density at radius 1 is 1.23 bits per heavy atom. The van der Waals surface area contributed by atoms with Gasteiger partial charge in [0.15, 0.2) is 12.0 Å². The quantitative estimate of drug-likeness (QED) is 0.732. The lowest BCUT2D eigenvalue weighted by Gasteiger charge is -2.33. The van der Waals surface area contributed by atoms with Gasteiger partial charge in [-0.2, -0.15) is 5.10 Å². The van der Waals surface area contributed by atoms with Crippen LogP contribution in [0.5, 0.6) is 0 Å². The summed E-state index contributed by atoms with van der Waals surface area (Å²) >= 11 is 0. The van der Waals surface area contributed by atoms with Crippen molar-refractivity contribution in [2.45, 2.75) is 71.1 Å². The third kappa shape index (κ3) is 4.21. The van der Waals surface area contributed by atoms with Gasteiger partial charge in [0.2, 0.25) is 0 Å². The molecule has 1 amide bonds. The third-order valence-electron chi connectivity index (χ3n) is 5.86. The van der Waals surface area contributed by atoms with Gasteiger partial charge in [0, 0.05) is 24.5 Å². The minimum atomic E-state index is -0.571. The van der Waals surface area contributed by atoms with E-state index in [0.29, 0.717) is 13.0 Å². The SMILES string of the molecule is Cc1cc2cnn(C3CCCCO3)c2cc1C1CCN(C(=O)OC(C)(C)C)CC1=O. The molecular formula is C23H31N3O4. The Hall–Kier alpha value is -2.41. The second-order valence-electron chi connectivity index (χ2n) is 9.39. The number of benzene rings is 1. The number of Topliss-reactive ketones (excluding diaryl/α,β-unsaturated/α-hetero) is 1. The number of rotatable bonds is 2. The minimum Gasteiger partial charge on any atom is -0.444 e. The molecule has 0 bridgehead atoms. The lowest BCUT2D eigenvalue weighted by molar-refractivity contribution is -0.123. The van der Waals surface area contributed by atoms with Gasteiger partial charge in [-0.25, -0.2) is 9.48 Å². The maximum absolute atomic E-state index is 13.0. The average molecular weight is 414 g/mol. The molecule has 2 aliphatic heterocycles. The maximum atomic E-state index is 13.0. The Labute approximate surface area is 177 Å². The fraction of sp³-hybridized carbons (Fsp3) is 0.609. The van der Waals surface area contributed by atoms with Gasteiger partial charge in [-0.3, -0.25) is 4.79 Å². The Kier molecular flexibility index (Phi) is 5.57. The summed E-state index contributed by atoms with van der Waals surface area (Å²) in [6.45, 7) is 8.88. The maximum Gasteiger partial charge on any atom is 0.410 e. The topological polar surface area (TPSA) is 73.7 Å². The van der Waals surface area contributed by atoms with Crippen molar-refractivity contribution in [3.63, 3.8) is 0 Å². The van der Waals surface area contributed by atoms with Crippen LogP contribution >= 0.6 is 0 Å². The van der Waals surface area contributed by atoms with Crippen LogP contribution in [-0.4, -0.2) is 51.9 Å². The van der Waals surface area contributed by atoms with Crippen LogP contribution in [0.15, 0.2) is 18.3 Å². The summed E-state index contributed by atoms with van der Waals surface area (Å²) in [5, 5.41) is 5.63. The molecule has 3 heterocycles. The minimum absolute atomic E-state index is 0.0449. The van der Waals surface area contributed by atoms with Gasteiger partial charge in [-0.05, 0) is 76.6 Å². The predicted octanol–water partition coefficient (Wildman–Crippen LogP) is 4.34. The standard InChI is InChI=1S/C23H31N3O4/c1-15-11-16-13-24-26(21-7-5-6-10-29-21)19(16)12-18(15)17-8-9-25(14-20(17)27)22(28)30-23(2,3)4/h11-13,17,21H,5-10,14H2,1-4H3. The number of amides is 1. The van der Waals surface area contributed by atoms with Crippen molar-refractivity contribution >= 4 is 22.8 Å². The summed E-state index contributed by atoms with van der Waals surface area (Å²) in [5.74, 6) is -0.168. The van der Waals surface area contributed by atoms with E-state index in [4.69, 9.17) is 9.47 Å². The van der Waals surface area contributed by atoms with E-state index in [1.165, 1.54) is 4.90 Å². The summed E-state index contributed by atoms with van der Waals surface area (Å²) < 4.78 is 13.3. The van der Waals surface area contributed by atoms with Crippen LogP contribution in [0.25, 0.3) is 10.9 Å². The third-order valence-corrected chi connectivity index (χ3v) is 5.86. The number of hydrogen-bond acceptors (Lipinski definition) is 5. The Balaban J connectivity index is 1.56. The molecule has 1 aromatic carbocycles. The van der Waals surface area contributed by atoms with E-state index >= 15 is 0 Å². The van der Waals surface area contributed by atoms with Crippen LogP contribution in [0.2, 0.25) is 0 Å². The summed E-state index contributed by atoms with van der Waals surface area (Å²) in [5.41, 5.74) is 2.53. The van der Waals surface area contributed by atoms with E-state index < -0.39 is 11.7 Å². The second-order valence-corrected chi connectivity index (χ2v) is 9.39. The number of hydrogen-bond donors (Lipinski definition) is 0. The molecular weight excluding hydrogens is 382 g/mol. The zero-order valence-electron chi connectivity index (χ0n) is 18.3. The van der Waals surface area contributed by atoms with Crippen LogP contribution in [-0.2, 0) is 14.3 Å². The molecule has 30 heavy (non-hydrogen) atoms. The fourth-order valence-corrected chi connectivity index (χ4v) is 4.38. The summed E-state index contributed by atoms with van der Waals surface area (Å²) in [6, 6.07) is 4.20. The number of carbonyl (C=O) groups excluding carboxylic acids is 2. The number of ketones is 1. The number of likely N-dealkylation sites (tertiary alicyclic amines) is 1. The van der Waals surface area contributed by atoms with Gasteiger partial charge in [-0.1, -0.05) is 0 Å². The predicted molar refractivity (Wildman–Crippen MR) is 113 cm³/mol. The molecule has 0 spiro atoms. The van der Waals surface area contributed by atoms with Gasteiger partial charge in [0.25, 0.3) is 0 Å². The number of fused-ring (bicyclic) bond motifs is 1. The van der Waals surface area contributed by atoms with Gasteiger partial charge < -0.3 is 14.4 Å². The molecule has 2 saturated heterocycles. The molecule has 2 aromatic rings. The van der Waals surface area contributed by atoms with Crippen LogP contribution in [0, 0.1) is 6.92 Å². The molecule has 2 aliphatic rings. The summed E-state index contributed by atoms with van der Waals surface area (Å²) in [7, 11) is 0. The van der Waals surface area contributed by atoms with E-state index in [1.54, 1.807) is 0 Å². The van der Waals surface area contributed by atoms with Crippen molar-refractivity contribution < 1.29 is 19.1 Å². The zero-order chi connectivity index (χ0) is 21.5. The van der Waals surface area contributed by atoms with E-state index in [-0.39, 0.29) is 24.5 Å². The molecule has 0 N–H and O–H groups in total.